The molecular formula is C13H13ClN2O2. The maximum absolute atomic E-state index is 10.9. The van der Waals surface area contributed by atoms with Crippen molar-refractivity contribution in [2.24, 2.45) is 5.92 Å². The molecule has 94 valence electrons. The van der Waals surface area contributed by atoms with Crippen LogP contribution in [0.2, 0.25) is 5.02 Å². The number of nitrogens with one attached hydrogen (secondary N) is 1. The number of nitrogens with zero attached hydrogens (tertiary/aromatic N) is 1. The quantitative estimate of drug-likeness (QED) is 0.880. The first-order valence-electron chi connectivity index (χ1n) is 5.79. The van der Waals surface area contributed by atoms with E-state index in [9.17, 15) is 4.79 Å². The number of benzene rings is 1. The molecule has 0 bridgehead atoms. The van der Waals surface area contributed by atoms with E-state index in [1.165, 1.54) is 0 Å². The zero-order valence-corrected chi connectivity index (χ0v) is 10.4. The smallest absolute Gasteiger partial charge is 0.306 e. The van der Waals surface area contributed by atoms with Crippen molar-refractivity contribution >= 4 is 23.3 Å². The topological polar surface area (TPSA) is 73.1 Å². The Labute approximate surface area is 110 Å². The first-order chi connectivity index (χ1) is 8.60. The molecule has 4 nitrogen and oxygen atoms in total. The van der Waals surface area contributed by atoms with Gasteiger partial charge in [0, 0.05) is 6.04 Å². The van der Waals surface area contributed by atoms with Gasteiger partial charge in [-0.3, -0.25) is 4.79 Å². The zero-order chi connectivity index (χ0) is 13.1. The summed E-state index contributed by atoms with van der Waals surface area (Å²) < 4.78 is 0. The van der Waals surface area contributed by atoms with Crippen LogP contribution in [0.1, 0.15) is 24.8 Å². The first-order valence-corrected chi connectivity index (χ1v) is 6.17. The number of hydrogen-bond acceptors (Lipinski definition) is 3. The Kier molecular flexibility index (Phi) is 3.73. The molecule has 1 aromatic rings. The second-order valence-electron chi connectivity index (χ2n) is 4.50. The zero-order valence-electron chi connectivity index (χ0n) is 9.69. The Morgan fingerprint density at radius 2 is 2.28 bits per heavy atom. The number of hydrogen-bond donors (Lipinski definition) is 2. The summed E-state index contributed by atoms with van der Waals surface area (Å²) in [6.45, 7) is 0. The van der Waals surface area contributed by atoms with E-state index in [0.29, 0.717) is 23.4 Å². The number of nitriles is 1. The molecule has 0 radical (unpaired) electrons. The third-order valence-electron chi connectivity index (χ3n) is 3.24. The van der Waals surface area contributed by atoms with Crippen molar-refractivity contribution in [3.05, 3.63) is 28.8 Å². The van der Waals surface area contributed by atoms with Gasteiger partial charge in [-0.1, -0.05) is 11.6 Å². The van der Waals surface area contributed by atoms with Crippen LogP contribution in [0.3, 0.4) is 0 Å². The maximum atomic E-state index is 10.9. The second kappa shape index (κ2) is 5.28. The minimum Gasteiger partial charge on any atom is -0.481 e. The monoisotopic (exact) mass is 264 g/mol. The largest absolute Gasteiger partial charge is 0.481 e. The van der Waals surface area contributed by atoms with Crippen LogP contribution in [0.25, 0.3) is 0 Å². The van der Waals surface area contributed by atoms with Crippen molar-refractivity contribution in [3.8, 4) is 6.07 Å². The van der Waals surface area contributed by atoms with Crippen molar-refractivity contribution in [2.75, 3.05) is 5.32 Å². The summed E-state index contributed by atoms with van der Waals surface area (Å²) >= 11 is 6.06. The molecule has 0 aromatic heterocycles. The minimum absolute atomic E-state index is 0.136. The van der Waals surface area contributed by atoms with E-state index in [1.807, 2.05) is 6.07 Å². The van der Waals surface area contributed by atoms with E-state index >= 15 is 0 Å². The molecule has 0 saturated heterocycles. The Balaban J connectivity index is 2.03. The average molecular weight is 265 g/mol. The molecule has 1 saturated carbocycles. The lowest BCUT2D eigenvalue weighted by Gasteiger charge is -2.15. The van der Waals surface area contributed by atoms with Gasteiger partial charge in [0.05, 0.1) is 28.3 Å². The van der Waals surface area contributed by atoms with Gasteiger partial charge < -0.3 is 10.4 Å². The maximum Gasteiger partial charge on any atom is 0.306 e. The van der Waals surface area contributed by atoms with E-state index in [0.717, 1.165) is 12.1 Å². The van der Waals surface area contributed by atoms with Gasteiger partial charge in [0.1, 0.15) is 0 Å². The highest BCUT2D eigenvalue weighted by Gasteiger charge is 2.29. The van der Waals surface area contributed by atoms with Gasteiger partial charge in [-0.05, 0) is 37.5 Å². The summed E-state index contributed by atoms with van der Waals surface area (Å²) in [6, 6.07) is 7.21. The fourth-order valence-corrected chi connectivity index (χ4v) is 2.49. The second-order valence-corrected chi connectivity index (χ2v) is 4.90. The number of anilines is 1. The summed E-state index contributed by atoms with van der Waals surface area (Å²) in [5.74, 6) is -0.995. The van der Waals surface area contributed by atoms with Gasteiger partial charge in [-0.2, -0.15) is 5.26 Å². The van der Waals surface area contributed by atoms with Crippen LogP contribution in [-0.2, 0) is 4.79 Å². The normalized spacial score (nSPS) is 22.4. The predicted molar refractivity (Wildman–Crippen MR) is 68.6 cm³/mol. The van der Waals surface area contributed by atoms with E-state index < -0.39 is 5.97 Å². The van der Waals surface area contributed by atoms with E-state index in [2.05, 4.69) is 5.32 Å². The Morgan fingerprint density at radius 1 is 1.50 bits per heavy atom. The molecular weight excluding hydrogens is 252 g/mol. The SMILES string of the molecule is N#Cc1ccc(N[C@H]2CC[C@@H](C(=O)O)C2)c(Cl)c1. The average Bonchev–Trinajstić information content (AvgIpc) is 2.80. The predicted octanol–water partition coefficient (Wildman–Crippen LogP) is 2.88. The molecule has 0 amide bonds. The lowest BCUT2D eigenvalue weighted by Crippen LogP contribution is -2.18. The minimum atomic E-state index is -0.731. The highest BCUT2D eigenvalue weighted by molar-refractivity contribution is 6.33. The standard InChI is InChI=1S/C13H13ClN2O2/c14-11-5-8(7-15)1-4-12(11)16-10-3-2-9(6-10)13(17)18/h1,4-5,9-10,16H,2-3,6H2,(H,17,18)/t9-,10+/m1/s1. The molecule has 0 unspecified atom stereocenters. The number of halogens is 1. The summed E-state index contributed by atoms with van der Waals surface area (Å²) in [5.41, 5.74) is 1.27. The van der Waals surface area contributed by atoms with E-state index in [4.69, 9.17) is 22.0 Å². The molecule has 0 heterocycles. The third kappa shape index (κ3) is 2.74. The number of carboxylic acid groups (broad SMARTS) is 1. The molecule has 1 aliphatic rings. The molecule has 18 heavy (non-hydrogen) atoms. The summed E-state index contributed by atoms with van der Waals surface area (Å²) in [5, 5.41) is 21.4. The van der Waals surface area contributed by atoms with Crippen LogP contribution < -0.4 is 5.32 Å². The van der Waals surface area contributed by atoms with Gasteiger partial charge in [-0.15, -0.1) is 0 Å². The Bertz CT molecular complexity index is 510. The summed E-state index contributed by atoms with van der Waals surface area (Å²) in [4.78, 5) is 10.9. The fraction of sp³-hybridized carbons (Fsp3) is 0.385. The summed E-state index contributed by atoms with van der Waals surface area (Å²) in [6.07, 6.45) is 2.14. The van der Waals surface area contributed by atoms with Gasteiger partial charge in [-0.25, -0.2) is 0 Å². The van der Waals surface area contributed by atoms with Crippen LogP contribution >= 0.6 is 11.6 Å². The molecule has 2 N–H and O–H groups in total. The van der Waals surface area contributed by atoms with Crippen molar-refractivity contribution in [2.45, 2.75) is 25.3 Å². The van der Waals surface area contributed by atoms with Gasteiger partial charge in [0.15, 0.2) is 0 Å². The first kappa shape index (κ1) is 12.7. The Morgan fingerprint density at radius 3 is 2.83 bits per heavy atom. The fourth-order valence-electron chi connectivity index (χ4n) is 2.26. The number of rotatable bonds is 3. The van der Waals surface area contributed by atoms with Crippen LogP contribution in [0, 0.1) is 17.2 Å². The van der Waals surface area contributed by atoms with Crippen LogP contribution in [-0.4, -0.2) is 17.1 Å². The highest BCUT2D eigenvalue weighted by atomic mass is 35.5. The van der Waals surface area contributed by atoms with Gasteiger partial charge in [0.25, 0.3) is 0 Å². The summed E-state index contributed by atoms with van der Waals surface area (Å²) in [7, 11) is 0. The molecule has 2 atom stereocenters. The third-order valence-corrected chi connectivity index (χ3v) is 3.55. The van der Waals surface area contributed by atoms with Crippen molar-refractivity contribution in [3.63, 3.8) is 0 Å². The van der Waals surface area contributed by atoms with Crippen molar-refractivity contribution < 1.29 is 9.90 Å². The lowest BCUT2D eigenvalue weighted by atomic mass is 10.1. The Hall–Kier alpha value is -1.73. The van der Waals surface area contributed by atoms with Crippen molar-refractivity contribution in [1.29, 1.82) is 5.26 Å². The number of carboxylic acids is 1. The van der Waals surface area contributed by atoms with Crippen molar-refractivity contribution in [1.82, 2.24) is 0 Å². The highest BCUT2D eigenvalue weighted by Crippen LogP contribution is 2.31. The van der Waals surface area contributed by atoms with Gasteiger partial charge >= 0.3 is 5.97 Å². The lowest BCUT2D eigenvalue weighted by molar-refractivity contribution is -0.141. The molecule has 0 spiro atoms. The molecule has 5 heteroatoms. The van der Waals surface area contributed by atoms with Gasteiger partial charge in [0.2, 0.25) is 0 Å². The molecule has 0 aliphatic heterocycles. The molecule has 2 rings (SSSR count). The number of aliphatic carboxylic acids is 1. The van der Waals surface area contributed by atoms with E-state index in [1.54, 1.807) is 18.2 Å². The molecule has 1 fully saturated rings. The molecule has 1 aromatic carbocycles. The van der Waals surface area contributed by atoms with Crippen LogP contribution in [0.5, 0.6) is 0 Å². The van der Waals surface area contributed by atoms with E-state index in [-0.39, 0.29) is 12.0 Å². The van der Waals surface area contributed by atoms with Crippen LogP contribution in [0.15, 0.2) is 18.2 Å². The molecule has 1 aliphatic carbocycles. The number of carbonyl (C=O) groups is 1. The van der Waals surface area contributed by atoms with Crippen LogP contribution in [0.4, 0.5) is 5.69 Å².